The smallest absolute Gasteiger partial charge is 0.119 e. The first kappa shape index (κ1) is 19.5. The Morgan fingerprint density at radius 2 is 1.50 bits per heavy atom. The van der Waals surface area contributed by atoms with E-state index in [0.717, 1.165) is 12.2 Å². The lowest BCUT2D eigenvalue weighted by molar-refractivity contribution is 0.325. The molecular formula is C19H30OS2. The van der Waals surface area contributed by atoms with Gasteiger partial charge in [-0.1, -0.05) is 59.8 Å². The van der Waals surface area contributed by atoms with Crippen molar-refractivity contribution in [2.75, 3.05) is 6.61 Å². The molecule has 124 valence electrons. The van der Waals surface area contributed by atoms with E-state index < -0.39 is 0 Å². The van der Waals surface area contributed by atoms with Gasteiger partial charge in [0.2, 0.25) is 0 Å². The minimum Gasteiger partial charge on any atom is -0.493 e. The summed E-state index contributed by atoms with van der Waals surface area (Å²) in [7, 11) is 0. The van der Waals surface area contributed by atoms with E-state index in [1.807, 2.05) is 29.6 Å². The molecule has 0 N–H and O–H groups in total. The van der Waals surface area contributed by atoms with Crippen LogP contribution in [0.3, 0.4) is 0 Å². The number of hydrogen-bond donors (Lipinski definition) is 0. The second-order valence-corrected chi connectivity index (χ2v) is 11.4. The average Bonchev–Trinajstić information content (AvgIpc) is 2.36. The Bertz CT molecular complexity index is 436. The molecule has 1 rings (SSSR count). The summed E-state index contributed by atoms with van der Waals surface area (Å²) in [5, 5.41) is 0. The van der Waals surface area contributed by atoms with Crippen LogP contribution in [0, 0.1) is 0 Å². The summed E-state index contributed by atoms with van der Waals surface area (Å²) in [6.45, 7) is 18.1. The van der Waals surface area contributed by atoms with Crippen molar-refractivity contribution in [1.29, 1.82) is 0 Å². The normalized spacial score (nSPS) is 12.5. The zero-order valence-electron chi connectivity index (χ0n) is 14.8. The summed E-state index contributed by atoms with van der Waals surface area (Å²) in [6.07, 6.45) is 2.76. The van der Waals surface area contributed by atoms with Crippen LogP contribution < -0.4 is 4.74 Å². The molecule has 0 aliphatic heterocycles. The Hall–Kier alpha value is -0.540. The minimum atomic E-state index is 0.238. The summed E-state index contributed by atoms with van der Waals surface area (Å²) in [5.74, 6) is 0.936. The van der Waals surface area contributed by atoms with Gasteiger partial charge in [0.1, 0.15) is 5.75 Å². The molecule has 0 atom stereocenters. The highest BCUT2D eigenvalue weighted by molar-refractivity contribution is 8.17. The Labute approximate surface area is 145 Å². The molecule has 0 radical (unpaired) electrons. The van der Waals surface area contributed by atoms with Crippen LogP contribution in [-0.4, -0.2) is 16.1 Å². The zero-order chi connectivity index (χ0) is 16.8. The molecule has 1 aromatic carbocycles. The highest BCUT2D eigenvalue weighted by Crippen LogP contribution is 2.50. The maximum absolute atomic E-state index is 5.70. The zero-order valence-corrected chi connectivity index (χ0v) is 16.4. The second-order valence-electron chi connectivity index (χ2n) is 7.29. The summed E-state index contributed by atoms with van der Waals surface area (Å²) in [6, 6.07) is 8.56. The SMILES string of the molecule is C=CCCOc1ccc(C(SC(C)(C)C)SC(C)(C)C)cc1. The van der Waals surface area contributed by atoms with Gasteiger partial charge in [0.15, 0.2) is 0 Å². The Balaban J connectivity index is 2.83. The summed E-state index contributed by atoms with van der Waals surface area (Å²) >= 11 is 4.04. The van der Waals surface area contributed by atoms with E-state index in [1.54, 1.807) is 0 Å². The van der Waals surface area contributed by atoms with Crippen molar-refractivity contribution in [2.24, 2.45) is 0 Å². The first-order chi connectivity index (χ1) is 10.1. The van der Waals surface area contributed by atoms with Crippen molar-refractivity contribution in [3.8, 4) is 5.75 Å². The van der Waals surface area contributed by atoms with Crippen molar-refractivity contribution < 1.29 is 4.74 Å². The van der Waals surface area contributed by atoms with E-state index in [4.69, 9.17) is 4.74 Å². The number of benzene rings is 1. The van der Waals surface area contributed by atoms with Crippen LogP contribution >= 0.6 is 23.5 Å². The van der Waals surface area contributed by atoms with Crippen LogP contribution in [0.5, 0.6) is 5.75 Å². The van der Waals surface area contributed by atoms with Crippen molar-refractivity contribution in [2.45, 2.75) is 62.0 Å². The summed E-state index contributed by atoms with van der Waals surface area (Å²) in [5.41, 5.74) is 1.36. The van der Waals surface area contributed by atoms with E-state index in [9.17, 15) is 0 Å². The van der Waals surface area contributed by atoms with E-state index in [-0.39, 0.29) is 9.49 Å². The Kier molecular flexibility index (Phi) is 7.40. The topological polar surface area (TPSA) is 9.23 Å². The molecule has 0 bridgehead atoms. The fourth-order valence-corrected chi connectivity index (χ4v) is 5.58. The predicted octanol–water partition coefficient (Wildman–Crippen LogP) is 6.70. The van der Waals surface area contributed by atoms with Gasteiger partial charge < -0.3 is 4.74 Å². The molecule has 0 aliphatic rings. The first-order valence-corrected chi connectivity index (χ1v) is 9.56. The van der Waals surface area contributed by atoms with E-state index >= 15 is 0 Å². The third-order valence-corrected chi connectivity index (χ3v) is 5.63. The van der Waals surface area contributed by atoms with Crippen molar-refractivity contribution in [1.82, 2.24) is 0 Å². The van der Waals surface area contributed by atoms with Crippen molar-refractivity contribution in [3.05, 3.63) is 42.5 Å². The van der Waals surface area contributed by atoms with Gasteiger partial charge >= 0.3 is 0 Å². The molecule has 0 saturated heterocycles. The van der Waals surface area contributed by atoms with Gasteiger partial charge in [-0.2, -0.15) is 0 Å². The van der Waals surface area contributed by atoms with Crippen LogP contribution in [0.25, 0.3) is 0 Å². The second kappa shape index (κ2) is 8.35. The van der Waals surface area contributed by atoms with Gasteiger partial charge in [-0.25, -0.2) is 0 Å². The van der Waals surface area contributed by atoms with Gasteiger partial charge in [0.05, 0.1) is 11.2 Å². The van der Waals surface area contributed by atoms with Gasteiger partial charge in [-0.3, -0.25) is 0 Å². The number of rotatable bonds is 7. The summed E-state index contributed by atoms with van der Waals surface area (Å²) in [4.78, 5) is 0. The molecule has 0 saturated carbocycles. The van der Waals surface area contributed by atoms with Crippen LogP contribution in [0.4, 0.5) is 0 Å². The lowest BCUT2D eigenvalue weighted by Gasteiger charge is -2.30. The number of ether oxygens (including phenoxy) is 1. The molecule has 0 spiro atoms. The lowest BCUT2D eigenvalue weighted by Crippen LogP contribution is -2.15. The maximum atomic E-state index is 5.70. The number of hydrogen-bond acceptors (Lipinski definition) is 3. The van der Waals surface area contributed by atoms with Crippen LogP contribution in [0.2, 0.25) is 0 Å². The largest absolute Gasteiger partial charge is 0.493 e. The molecular weight excluding hydrogens is 308 g/mol. The maximum Gasteiger partial charge on any atom is 0.119 e. The fourth-order valence-electron chi connectivity index (χ4n) is 1.78. The van der Waals surface area contributed by atoms with E-state index in [0.29, 0.717) is 11.2 Å². The molecule has 0 aliphatic carbocycles. The van der Waals surface area contributed by atoms with Gasteiger partial charge in [0.25, 0.3) is 0 Å². The fraction of sp³-hybridized carbons (Fsp3) is 0.579. The quantitative estimate of drug-likeness (QED) is 0.311. The van der Waals surface area contributed by atoms with Gasteiger partial charge in [0, 0.05) is 9.49 Å². The van der Waals surface area contributed by atoms with Crippen LogP contribution in [0.15, 0.2) is 36.9 Å². The van der Waals surface area contributed by atoms with E-state index in [2.05, 4.69) is 72.4 Å². The van der Waals surface area contributed by atoms with Crippen LogP contribution in [-0.2, 0) is 0 Å². The average molecular weight is 339 g/mol. The standard InChI is InChI=1S/C19H30OS2/c1-8-9-14-20-16-12-10-15(11-13-16)17(21-18(2,3)4)22-19(5,6)7/h8,10-13,17H,1,9,14H2,2-7H3. The van der Waals surface area contributed by atoms with Crippen molar-refractivity contribution in [3.63, 3.8) is 0 Å². The third kappa shape index (κ3) is 8.19. The first-order valence-electron chi connectivity index (χ1n) is 7.80. The van der Waals surface area contributed by atoms with Gasteiger partial charge in [-0.15, -0.1) is 30.1 Å². The third-order valence-electron chi connectivity index (χ3n) is 2.66. The molecule has 0 unspecified atom stereocenters. The Morgan fingerprint density at radius 1 is 1.00 bits per heavy atom. The van der Waals surface area contributed by atoms with E-state index in [1.165, 1.54) is 5.56 Å². The lowest BCUT2D eigenvalue weighted by atomic mass is 10.2. The molecule has 22 heavy (non-hydrogen) atoms. The summed E-state index contributed by atoms with van der Waals surface area (Å²) < 4.78 is 6.61. The molecule has 3 heteroatoms. The highest BCUT2D eigenvalue weighted by atomic mass is 32.2. The minimum absolute atomic E-state index is 0.238. The molecule has 0 amide bonds. The predicted molar refractivity (Wildman–Crippen MR) is 104 cm³/mol. The van der Waals surface area contributed by atoms with Crippen LogP contribution in [0.1, 0.15) is 58.1 Å². The molecule has 0 aromatic heterocycles. The van der Waals surface area contributed by atoms with Gasteiger partial charge in [-0.05, 0) is 24.1 Å². The highest BCUT2D eigenvalue weighted by Gasteiger charge is 2.26. The molecule has 0 heterocycles. The number of thioether (sulfide) groups is 2. The molecule has 1 aromatic rings. The molecule has 1 nitrogen and oxygen atoms in total. The molecule has 0 fully saturated rings. The monoisotopic (exact) mass is 338 g/mol. The Morgan fingerprint density at radius 3 is 1.91 bits per heavy atom. The van der Waals surface area contributed by atoms with Crippen molar-refractivity contribution >= 4 is 23.5 Å².